The van der Waals surface area contributed by atoms with Crippen molar-refractivity contribution in [2.75, 3.05) is 26.2 Å². The second kappa shape index (κ2) is 6.76. The monoisotopic (exact) mass is 280 g/mol. The van der Waals surface area contributed by atoms with Crippen LogP contribution in [-0.2, 0) is 4.74 Å². The molecular formula is C17H32N2O. The standard InChI is InChI=1S/C17H32N2O/c1-2-6-15-13-19(11-8-16-7-5-12-20-16)17(14-18-15)9-3-4-10-17/h15-16,18H,2-14H2,1H3. The number of hydrogen-bond acceptors (Lipinski definition) is 3. The number of rotatable bonds is 5. The molecule has 0 amide bonds. The van der Waals surface area contributed by atoms with E-state index in [1.54, 1.807) is 0 Å². The van der Waals surface area contributed by atoms with Crippen molar-refractivity contribution >= 4 is 0 Å². The van der Waals surface area contributed by atoms with Gasteiger partial charge >= 0.3 is 0 Å². The zero-order chi connectivity index (χ0) is 13.8. The quantitative estimate of drug-likeness (QED) is 0.838. The van der Waals surface area contributed by atoms with Gasteiger partial charge in [-0.25, -0.2) is 0 Å². The Morgan fingerprint density at radius 1 is 1.20 bits per heavy atom. The molecule has 2 aliphatic heterocycles. The van der Waals surface area contributed by atoms with Crippen LogP contribution in [-0.4, -0.2) is 48.8 Å². The van der Waals surface area contributed by atoms with Crippen LogP contribution in [0.15, 0.2) is 0 Å². The fraction of sp³-hybridized carbons (Fsp3) is 1.00. The lowest BCUT2D eigenvalue weighted by molar-refractivity contribution is 0.0214. The van der Waals surface area contributed by atoms with E-state index in [4.69, 9.17) is 4.74 Å². The number of ether oxygens (including phenoxy) is 1. The number of nitrogens with zero attached hydrogens (tertiary/aromatic N) is 1. The summed E-state index contributed by atoms with van der Waals surface area (Å²) in [5.74, 6) is 0. The van der Waals surface area contributed by atoms with Gasteiger partial charge in [0.1, 0.15) is 0 Å². The molecule has 0 aromatic carbocycles. The van der Waals surface area contributed by atoms with E-state index in [1.807, 2.05) is 0 Å². The molecule has 1 N–H and O–H groups in total. The van der Waals surface area contributed by atoms with Gasteiger partial charge in [0.25, 0.3) is 0 Å². The highest BCUT2D eigenvalue weighted by Crippen LogP contribution is 2.37. The predicted molar refractivity (Wildman–Crippen MR) is 83.1 cm³/mol. The summed E-state index contributed by atoms with van der Waals surface area (Å²) in [5.41, 5.74) is 0.489. The van der Waals surface area contributed by atoms with E-state index in [-0.39, 0.29) is 0 Å². The maximum absolute atomic E-state index is 5.83. The van der Waals surface area contributed by atoms with Crippen molar-refractivity contribution in [1.82, 2.24) is 10.2 Å². The minimum absolute atomic E-state index is 0.489. The van der Waals surface area contributed by atoms with Gasteiger partial charge in [0.05, 0.1) is 6.10 Å². The maximum atomic E-state index is 5.83. The van der Waals surface area contributed by atoms with Gasteiger partial charge in [-0.3, -0.25) is 4.90 Å². The van der Waals surface area contributed by atoms with E-state index >= 15 is 0 Å². The van der Waals surface area contributed by atoms with E-state index < -0.39 is 0 Å². The van der Waals surface area contributed by atoms with Crippen LogP contribution in [0.25, 0.3) is 0 Å². The fourth-order valence-electron chi connectivity index (χ4n) is 4.54. The van der Waals surface area contributed by atoms with Crippen molar-refractivity contribution in [2.45, 2.75) is 82.4 Å². The minimum atomic E-state index is 0.489. The number of piperazine rings is 1. The molecule has 2 saturated heterocycles. The molecule has 2 unspecified atom stereocenters. The van der Waals surface area contributed by atoms with Crippen LogP contribution in [0.5, 0.6) is 0 Å². The van der Waals surface area contributed by atoms with E-state index in [2.05, 4.69) is 17.1 Å². The SMILES string of the molecule is CCCC1CN(CCC2CCCO2)C2(CCCC2)CN1. The lowest BCUT2D eigenvalue weighted by Crippen LogP contribution is -2.63. The summed E-state index contributed by atoms with van der Waals surface area (Å²) < 4.78 is 5.83. The van der Waals surface area contributed by atoms with Gasteiger partial charge in [-0.05, 0) is 38.5 Å². The van der Waals surface area contributed by atoms with Crippen molar-refractivity contribution in [3.8, 4) is 0 Å². The molecular weight excluding hydrogens is 248 g/mol. The highest BCUT2D eigenvalue weighted by Gasteiger charge is 2.43. The normalized spacial score (nSPS) is 34.0. The van der Waals surface area contributed by atoms with E-state index in [9.17, 15) is 0 Å². The Balaban J connectivity index is 1.58. The summed E-state index contributed by atoms with van der Waals surface area (Å²) in [4.78, 5) is 2.85. The van der Waals surface area contributed by atoms with Crippen LogP contribution in [0, 0.1) is 0 Å². The second-order valence-electron chi connectivity index (χ2n) is 7.17. The molecule has 2 atom stereocenters. The van der Waals surface area contributed by atoms with E-state index in [1.165, 1.54) is 77.4 Å². The molecule has 1 saturated carbocycles. The molecule has 116 valence electrons. The molecule has 1 aliphatic carbocycles. The average Bonchev–Trinajstić information content (AvgIpc) is 3.12. The van der Waals surface area contributed by atoms with Gasteiger partial charge in [0.15, 0.2) is 0 Å². The van der Waals surface area contributed by atoms with Crippen LogP contribution >= 0.6 is 0 Å². The highest BCUT2D eigenvalue weighted by molar-refractivity contribution is 5.01. The van der Waals surface area contributed by atoms with Crippen molar-refractivity contribution < 1.29 is 4.74 Å². The van der Waals surface area contributed by atoms with Crippen LogP contribution in [0.4, 0.5) is 0 Å². The molecule has 0 aromatic heterocycles. The maximum Gasteiger partial charge on any atom is 0.0588 e. The summed E-state index contributed by atoms with van der Waals surface area (Å²) in [6, 6.07) is 0.718. The summed E-state index contributed by atoms with van der Waals surface area (Å²) in [6.45, 7) is 7.05. The molecule has 0 aromatic rings. The summed E-state index contributed by atoms with van der Waals surface area (Å²) >= 11 is 0. The molecule has 2 heterocycles. The lowest BCUT2D eigenvalue weighted by atomic mass is 9.89. The highest BCUT2D eigenvalue weighted by atomic mass is 16.5. The summed E-state index contributed by atoms with van der Waals surface area (Å²) in [7, 11) is 0. The minimum Gasteiger partial charge on any atom is -0.378 e. The molecule has 3 nitrogen and oxygen atoms in total. The molecule has 3 rings (SSSR count). The third-order valence-corrected chi connectivity index (χ3v) is 5.75. The first-order valence-electron chi connectivity index (χ1n) is 8.92. The van der Waals surface area contributed by atoms with Crippen molar-refractivity contribution in [2.24, 2.45) is 0 Å². The summed E-state index contributed by atoms with van der Waals surface area (Å²) in [6.07, 6.45) is 12.7. The van der Waals surface area contributed by atoms with E-state index in [0.717, 1.165) is 12.6 Å². The second-order valence-corrected chi connectivity index (χ2v) is 7.17. The average molecular weight is 280 g/mol. The van der Waals surface area contributed by atoms with Crippen LogP contribution in [0.1, 0.15) is 64.7 Å². The van der Waals surface area contributed by atoms with Gasteiger partial charge in [-0.2, -0.15) is 0 Å². The largest absolute Gasteiger partial charge is 0.378 e. The lowest BCUT2D eigenvalue weighted by Gasteiger charge is -2.48. The Morgan fingerprint density at radius 2 is 2.05 bits per heavy atom. The predicted octanol–water partition coefficient (Wildman–Crippen LogP) is 2.94. The van der Waals surface area contributed by atoms with Crippen molar-refractivity contribution in [3.63, 3.8) is 0 Å². The van der Waals surface area contributed by atoms with Gasteiger partial charge < -0.3 is 10.1 Å². The van der Waals surface area contributed by atoms with Gasteiger partial charge in [0, 0.05) is 37.8 Å². The Hall–Kier alpha value is -0.120. The Morgan fingerprint density at radius 3 is 2.75 bits per heavy atom. The Labute approximate surface area is 124 Å². The first-order valence-corrected chi connectivity index (χ1v) is 8.92. The van der Waals surface area contributed by atoms with E-state index in [0.29, 0.717) is 11.6 Å². The van der Waals surface area contributed by atoms with Gasteiger partial charge in [-0.1, -0.05) is 26.2 Å². The first kappa shape index (κ1) is 14.8. The smallest absolute Gasteiger partial charge is 0.0588 e. The molecule has 20 heavy (non-hydrogen) atoms. The zero-order valence-corrected chi connectivity index (χ0v) is 13.2. The molecule has 0 radical (unpaired) electrons. The van der Waals surface area contributed by atoms with Crippen molar-refractivity contribution in [3.05, 3.63) is 0 Å². The molecule has 0 bridgehead atoms. The van der Waals surface area contributed by atoms with Gasteiger partial charge in [0.2, 0.25) is 0 Å². The Kier molecular flexibility index (Phi) is 5.00. The molecule has 3 heteroatoms. The topological polar surface area (TPSA) is 24.5 Å². The molecule has 3 aliphatic rings. The number of nitrogens with one attached hydrogen (secondary N) is 1. The number of hydrogen-bond donors (Lipinski definition) is 1. The Bertz CT molecular complexity index is 295. The fourth-order valence-corrected chi connectivity index (χ4v) is 4.54. The zero-order valence-electron chi connectivity index (χ0n) is 13.2. The molecule has 3 fully saturated rings. The van der Waals surface area contributed by atoms with Crippen LogP contribution < -0.4 is 5.32 Å². The third kappa shape index (κ3) is 3.20. The van der Waals surface area contributed by atoms with Crippen molar-refractivity contribution in [1.29, 1.82) is 0 Å². The first-order chi connectivity index (χ1) is 9.82. The molecule has 1 spiro atoms. The summed E-state index contributed by atoms with van der Waals surface area (Å²) in [5, 5.41) is 3.84. The van der Waals surface area contributed by atoms with Crippen LogP contribution in [0.3, 0.4) is 0 Å². The third-order valence-electron chi connectivity index (χ3n) is 5.75. The van der Waals surface area contributed by atoms with Crippen LogP contribution in [0.2, 0.25) is 0 Å². The van der Waals surface area contributed by atoms with Gasteiger partial charge in [-0.15, -0.1) is 0 Å².